The van der Waals surface area contributed by atoms with Crippen LogP contribution in [0.2, 0.25) is 0 Å². The van der Waals surface area contributed by atoms with E-state index in [-0.39, 0.29) is 5.91 Å². The lowest BCUT2D eigenvalue weighted by molar-refractivity contribution is 0.102. The number of hydrogen-bond donors (Lipinski definition) is 1. The Morgan fingerprint density at radius 3 is 2.54 bits per heavy atom. The van der Waals surface area contributed by atoms with Gasteiger partial charge in [0.05, 0.1) is 25.3 Å². The first kappa shape index (κ1) is 15.9. The quantitative estimate of drug-likeness (QED) is 0.800. The van der Waals surface area contributed by atoms with Crippen LogP contribution in [0.5, 0.6) is 11.5 Å². The van der Waals surface area contributed by atoms with Gasteiger partial charge in [-0.3, -0.25) is 4.79 Å². The number of amides is 1. The number of aryl methyl sites for hydroxylation is 2. The first-order valence-corrected chi connectivity index (χ1v) is 7.50. The summed E-state index contributed by atoms with van der Waals surface area (Å²) >= 11 is 0. The van der Waals surface area contributed by atoms with Crippen molar-refractivity contribution in [1.29, 1.82) is 0 Å². The van der Waals surface area contributed by atoms with Crippen LogP contribution in [0.3, 0.4) is 0 Å². The van der Waals surface area contributed by atoms with Crippen LogP contribution in [0.15, 0.2) is 36.4 Å². The number of rotatable bonds is 4. The third kappa shape index (κ3) is 2.78. The van der Waals surface area contributed by atoms with Crippen molar-refractivity contribution in [2.24, 2.45) is 7.05 Å². The lowest BCUT2D eigenvalue weighted by Crippen LogP contribution is -2.12. The van der Waals surface area contributed by atoms with E-state index in [0.29, 0.717) is 22.7 Å². The summed E-state index contributed by atoms with van der Waals surface area (Å²) in [4.78, 5) is 16.9. The molecule has 0 bridgehead atoms. The van der Waals surface area contributed by atoms with Crippen LogP contribution in [0.4, 0.5) is 5.69 Å². The summed E-state index contributed by atoms with van der Waals surface area (Å²) in [6.45, 7) is 1.93. The van der Waals surface area contributed by atoms with Crippen molar-refractivity contribution in [3.63, 3.8) is 0 Å². The van der Waals surface area contributed by atoms with Crippen molar-refractivity contribution < 1.29 is 14.3 Å². The lowest BCUT2D eigenvalue weighted by atomic mass is 10.1. The average molecular weight is 325 g/mol. The van der Waals surface area contributed by atoms with Crippen LogP contribution < -0.4 is 14.8 Å². The summed E-state index contributed by atoms with van der Waals surface area (Å²) < 4.78 is 12.4. The Balaban J connectivity index is 1.87. The van der Waals surface area contributed by atoms with Crippen LogP contribution in [-0.2, 0) is 7.05 Å². The van der Waals surface area contributed by atoms with Gasteiger partial charge in [-0.25, -0.2) is 4.98 Å². The molecule has 1 aromatic heterocycles. The summed E-state index contributed by atoms with van der Waals surface area (Å²) in [5.74, 6) is 1.88. The molecule has 0 spiro atoms. The monoisotopic (exact) mass is 325 g/mol. The molecule has 0 aliphatic rings. The molecule has 0 fully saturated rings. The highest BCUT2D eigenvalue weighted by Gasteiger charge is 2.12. The summed E-state index contributed by atoms with van der Waals surface area (Å²) in [6, 6.07) is 10.7. The minimum Gasteiger partial charge on any atom is -0.493 e. The Morgan fingerprint density at radius 1 is 1.08 bits per heavy atom. The number of imidazole rings is 1. The number of nitrogens with one attached hydrogen (secondary N) is 1. The SMILES string of the molecule is COc1ccc(NC(=O)c2ccc3c(c2)nc(C)n3C)cc1OC. The van der Waals surface area contributed by atoms with Crippen molar-refractivity contribution in [2.75, 3.05) is 19.5 Å². The zero-order valence-corrected chi connectivity index (χ0v) is 14.1. The van der Waals surface area contributed by atoms with E-state index in [0.717, 1.165) is 16.9 Å². The van der Waals surface area contributed by atoms with E-state index in [1.54, 1.807) is 44.6 Å². The molecule has 2 aromatic carbocycles. The van der Waals surface area contributed by atoms with E-state index in [1.807, 2.05) is 24.6 Å². The first-order valence-electron chi connectivity index (χ1n) is 7.50. The number of nitrogens with zero attached hydrogens (tertiary/aromatic N) is 2. The van der Waals surface area contributed by atoms with Gasteiger partial charge in [0, 0.05) is 24.4 Å². The third-order valence-electron chi connectivity index (χ3n) is 4.01. The maximum absolute atomic E-state index is 12.5. The number of fused-ring (bicyclic) bond motifs is 1. The molecule has 1 N–H and O–H groups in total. The minimum absolute atomic E-state index is 0.201. The standard InChI is InChI=1S/C18H19N3O3/c1-11-19-14-9-12(5-7-15(14)21(11)2)18(22)20-13-6-8-16(23-3)17(10-13)24-4/h5-10H,1-4H3,(H,20,22). The molecule has 124 valence electrons. The van der Waals surface area contributed by atoms with Crippen molar-refractivity contribution in [3.05, 3.63) is 47.8 Å². The predicted molar refractivity (Wildman–Crippen MR) is 93.0 cm³/mol. The molecule has 0 atom stereocenters. The van der Waals surface area contributed by atoms with E-state index >= 15 is 0 Å². The van der Waals surface area contributed by atoms with Crippen molar-refractivity contribution in [3.8, 4) is 11.5 Å². The molecule has 1 amide bonds. The number of ether oxygens (including phenoxy) is 2. The fourth-order valence-corrected chi connectivity index (χ4v) is 2.58. The highest BCUT2D eigenvalue weighted by Crippen LogP contribution is 2.30. The Hall–Kier alpha value is -3.02. The second-order valence-corrected chi connectivity index (χ2v) is 5.45. The molecule has 6 nitrogen and oxygen atoms in total. The number of benzene rings is 2. The van der Waals surface area contributed by atoms with Crippen molar-refractivity contribution in [2.45, 2.75) is 6.92 Å². The number of anilines is 1. The first-order chi connectivity index (χ1) is 11.5. The van der Waals surface area contributed by atoms with Gasteiger partial charge >= 0.3 is 0 Å². The second kappa shape index (κ2) is 6.23. The molecule has 3 aromatic rings. The third-order valence-corrected chi connectivity index (χ3v) is 4.01. The number of hydrogen-bond acceptors (Lipinski definition) is 4. The lowest BCUT2D eigenvalue weighted by Gasteiger charge is -2.10. The van der Waals surface area contributed by atoms with Crippen LogP contribution in [0.25, 0.3) is 11.0 Å². The minimum atomic E-state index is -0.201. The number of carbonyl (C=O) groups is 1. The van der Waals surface area contributed by atoms with E-state index in [4.69, 9.17) is 9.47 Å². The highest BCUT2D eigenvalue weighted by atomic mass is 16.5. The van der Waals surface area contributed by atoms with Gasteiger partial charge in [-0.2, -0.15) is 0 Å². The Kier molecular flexibility index (Phi) is 4.12. The number of aromatic nitrogens is 2. The molecule has 0 aliphatic heterocycles. The zero-order chi connectivity index (χ0) is 17.3. The van der Waals surface area contributed by atoms with Crippen molar-refractivity contribution >= 4 is 22.6 Å². The summed E-state index contributed by atoms with van der Waals surface area (Å²) in [5, 5.41) is 2.86. The Labute approximate surface area is 140 Å². The van der Waals surface area contributed by atoms with Crippen LogP contribution in [-0.4, -0.2) is 29.7 Å². The van der Waals surface area contributed by atoms with Crippen LogP contribution in [0.1, 0.15) is 16.2 Å². The maximum Gasteiger partial charge on any atom is 0.255 e. The van der Waals surface area contributed by atoms with Gasteiger partial charge in [0.1, 0.15) is 5.82 Å². The Morgan fingerprint density at radius 2 is 1.83 bits per heavy atom. The fourth-order valence-electron chi connectivity index (χ4n) is 2.58. The van der Waals surface area contributed by atoms with Gasteiger partial charge in [0.25, 0.3) is 5.91 Å². The van der Waals surface area contributed by atoms with Crippen molar-refractivity contribution in [1.82, 2.24) is 9.55 Å². The van der Waals surface area contributed by atoms with E-state index in [1.165, 1.54) is 0 Å². The summed E-state index contributed by atoms with van der Waals surface area (Å²) in [6.07, 6.45) is 0. The van der Waals surface area contributed by atoms with Crippen LogP contribution in [0, 0.1) is 6.92 Å². The molecule has 6 heteroatoms. The average Bonchev–Trinajstić information content (AvgIpc) is 2.88. The smallest absolute Gasteiger partial charge is 0.255 e. The molecular formula is C18H19N3O3. The maximum atomic E-state index is 12.5. The molecule has 3 rings (SSSR count). The molecule has 0 aliphatic carbocycles. The topological polar surface area (TPSA) is 65.4 Å². The van der Waals surface area contributed by atoms with Gasteiger partial charge in [-0.05, 0) is 37.3 Å². The molecule has 0 saturated carbocycles. The molecule has 0 unspecified atom stereocenters. The largest absolute Gasteiger partial charge is 0.493 e. The molecule has 24 heavy (non-hydrogen) atoms. The number of methoxy groups -OCH3 is 2. The van der Waals surface area contributed by atoms with Crippen LogP contribution >= 0.6 is 0 Å². The molecule has 1 heterocycles. The fraction of sp³-hybridized carbons (Fsp3) is 0.222. The van der Waals surface area contributed by atoms with Gasteiger partial charge < -0.3 is 19.4 Å². The zero-order valence-electron chi connectivity index (χ0n) is 14.1. The Bertz CT molecular complexity index is 915. The predicted octanol–water partition coefficient (Wildman–Crippen LogP) is 3.15. The van der Waals surface area contributed by atoms with E-state index < -0.39 is 0 Å². The molecule has 0 radical (unpaired) electrons. The normalized spacial score (nSPS) is 10.7. The summed E-state index contributed by atoms with van der Waals surface area (Å²) in [5.41, 5.74) is 2.98. The highest BCUT2D eigenvalue weighted by molar-refractivity contribution is 6.06. The van der Waals surface area contributed by atoms with Gasteiger partial charge in [-0.15, -0.1) is 0 Å². The van der Waals surface area contributed by atoms with Gasteiger partial charge in [0.15, 0.2) is 11.5 Å². The van der Waals surface area contributed by atoms with E-state index in [9.17, 15) is 4.79 Å². The molecular weight excluding hydrogens is 306 g/mol. The van der Waals surface area contributed by atoms with E-state index in [2.05, 4.69) is 10.3 Å². The summed E-state index contributed by atoms with van der Waals surface area (Å²) in [7, 11) is 5.08. The van der Waals surface area contributed by atoms with Gasteiger partial charge in [0.2, 0.25) is 0 Å². The number of carbonyl (C=O) groups excluding carboxylic acids is 1. The molecule has 0 saturated heterocycles. The second-order valence-electron chi connectivity index (χ2n) is 5.45. The van der Waals surface area contributed by atoms with Gasteiger partial charge in [-0.1, -0.05) is 0 Å².